The molecule has 1 aromatic heterocycles. The maximum atomic E-state index is 11.8. The summed E-state index contributed by atoms with van der Waals surface area (Å²) in [4.78, 5) is 27.7. The second-order valence-corrected chi connectivity index (χ2v) is 5.73. The Kier molecular flexibility index (Phi) is 5.69. The third-order valence-corrected chi connectivity index (χ3v) is 2.59. The van der Waals surface area contributed by atoms with Crippen molar-refractivity contribution in [2.45, 2.75) is 45.8 Å². The van der Waals surface area contributed by atoms with E-state index in [9.17, 15) is 9.59 Å². The van der Waals surface area contributed by atoms with Gasteiger partial charge in [0.15, 0.2) is 0 Å². The van der Waals surface area contributed by atoms with Crippen LogP contribution in [0.25, 0.3) is 0 Å². The summed E-state index contributed by atoms with van der Waals surface area (Å²) in [5.41, 5.74) is 1.08. The first-order valence-electron chi connectivity index (χ1n) is 6.70. The maximum absolute atomic E-state index is 11.8. The van der Waals surface area contributed by atoms with Crippen LogP contribution in [0.4, 0.5) is 4.79 Å². The molecule has 1 atom stereocenters. The van der Waals surface area contributed by atoms with Gasteiger partial charge in [-0.1, -0.05) is 6.07 Å². The zero-order chi connectivity index (χ0) is 16.0. The number of pyridine rings is 1. The first-order valence-corrected chi connectivity index (χ1v) is 6.70. The van der Waals surface area contributed by atoms with Crippen LogP contribution in [0.15, 0.2) is 18.3 Å². The van der Waals surface area contributed by atoms with Crippen LogP contribution < -0.4 is 5.32 Å². The highest BCUT2D eigenvalue weighted by Crippen LogP contribution is 2.09. The molecule has 0 fully saturated rings. The van der Waals surface area contributed by atoms with Gasteiger partial charge in [0.25, 0.3) is 0 Å². The minimum Gasteiger partial charge on any atom is -0.467 e. The Labute approximate surface area is 124 Å². The lowest BCUT2D eigenvalue weighted by Crippen LogP contribution is -2.45. The van der Waals surface area contributed by atoms with E-state index >= 15 is 0 Å². The van der Waals surface area contributed by atoms with Crippen molar-refractivity contribution in [2.24, 2.45) is 0 Å². The summed E-state index contributed by atoms with van der Waals surface area (Å²) in [5.74, 6) is -0.526. The van der Waals surface area contributed by atoms with E-state index in [0.29, 0.717) is 6.42 Å². The van der Waals surface area contributed by atoms with Crippen LogP contribution in [0.1, 0.15) is 32.0 Å². The van der Waals surface area contributed by atoms with E-state index in [4.69, 9.17) is 9.47 Å². The summed E-state index contributed by atoms with van der Waals surface area (Å²) < 4.78 is 9.86. The van der Waals surface area contributed by atoms with Crippen molar-refractivity contribution in [3.05, 3.63) is 29.6 Å². The minimum atomic E-state index is -0.811. The van der Waals surface area contributed by atoms with E-state index in [1.54, 1.807) is 27.0 Å². The van der Waals surface area contributed by atoms with Crippen LogP contribution in [-0.4, -0.2) is 35.8 Å². The molecule has 0 saturated carbocycles. The van der Waals surface area contributed by atoms with Gasteiger partial charge in [-0.15, -0.1) is 0 Å². The van der Waals surface area contributed by atoms with Crippen molar-refractivity contribution >= 4 is 12.1 Å². The summed E-state index contributed by atoms with van der Waals surface area (Å²) in [5, 5.41) is 2.52. The standard InChI is InChI=1S/C15H22N2O4/c1-10-6-7-11(9-16-10)8-12(13(18)20-5)17-14(19)21-15(2,3)4/h6-7,9,12H,8H2,1-5H3,(H,17,19)/t12-/m1/s1. The summed E-state index contributed by atoms with van der Waals surface area (Å²) in [6.45, 7) is 7.14. The molecule has 1 N–H and O–H groups in total. The molecule has 116 valence electrons. The number of alkyl carbamates (subject to hydrolysis) is 1. The molecule has 6 nitrogen and oxygen atoms in total. The highest BCUT2D eigenvalue weighted by Gasteiger charge is 2.25. The quantitative estimate of drug-likeness (QED) is 0.859. The Morgan fingerprint density at radius 2 is 2.00 bits per heavy atom. The molecule has 21 heavy (non-hydrogen) atoms. The number of aryl methyl sites for hydroxylation is 1. The van der Waals surface area contributed by atoms with Gasteiger partial charge in [0, 0.05) is 18.3 Å². The number of rotatable bonds is 4. The molecule has 0 bridgehead atoms. The predicted molar refractivity (Wildman–Crippen MR) is 77.9 cm³/mol. The molecule has 0 saturated heterocycles. The number of hydrogen-bond donors (Lipinski definition) is 1. The zero-order valence-corrected chi connectivity index (χ0v) is 13.1. The van der Waals surface area contributed by atoms with Crippen LogP contribution >= 0.6 is 0 Å². The second kappa shape index (κ2) is 7.06. The van der Waals surface area contributed by atoms with Gasteiger partial charge in [0.1, 0.15) is 11.6 Å². The molecule has 1 amide bonds. The largest absolute Gasteiger partial charge is 0.467 e. The van der Waals surface area contributed by atoms with Crippen LogP contribution in [0.3, 0.4) is 0 Å². The molecule has 1 rings (SSSR count). The first-order chi connectivity index (χ1) is 9.71. The second-order valence-electron chi connectivity index (χ2n) is 5.73. The van der Waals surface area contributed by atoms with Crippen LogP contribution in [0.2, 0.25) is 0 Å². The molecule has 0 aliphatic heterocycles. The van der Waals surface area contributed by atoms with Gasteiger partial charge in [-0.2, -0.15) is 0 Å². The van der Waals surface area contributed by atoms with Crippen LogP contribution in [0, 0.1) is 6.92 Å². The molecule has 6 heteroatoms. The highest BCUT2D eigenvalue weighted by molar-refractivity contribution is 5.81. The summed E-state index contributed by atoms with van der Waals surface area (Å²) in [7, 11) is 1.28. The maximum Gasteiger partial charge on any atom is 0.408 e. The number of esters is 1. The van der Waals surface area contributed by atoms with Gasteiger partial charge in [-0.05, 0) is 39.3 Å². The number of carbonyl (C=O) groups excluding carboxylic acids is 2. The Hall–Kier alpha value is -2.11. The van der Waals surface area contributed by atoms with Gasteiger partial charge < -0.3 is 14.8 Å². The molecule has 0 aliphatic carbocycles. The fourth-order valence-electron chi connectivity index (χ4n) is 1.64. The van der Waals surface area contributed by atoms with Gasteiger partial charge in [0.05, 0.1) is 7.11 Å². The first kappa shape index (κ1) is 16.9. The molecule has 0 unspecified atom stereocenters. The van der Waals surface area contributed by atoms with E-state index in [2.05, 4.69) is 10.3 Å². The highest BCUT2D eigenvalue weighted by atomic mass is 16.6. The predicted octanol–water partition coefficient (Wildman–Crippen LogP) is 2.00. The number of aromatic nitrogens is 1. The number of methoxy groups -OCH3 is 1. The smallest absolute Gasteiger partial charge is 0.408 e. The SMILES string of the molecule is COC(=O)[C@@H](Cc1ccc(C)nc1)NC(=O)OC(C)(C)C. The molecule has 1 heterocycles. The average Bonchev–Trinajstić information content (AvgIpc) is 2.37. The molecule has 0 radical (unpaired) electrons. The Morgan fingerprint density at radius 3 is 2.48 bits per heavy atom. The molecule has 0 aliphatic rings. The van der Waals surface area contributed by atoms with Crippen molar-refractivity contribution in [1.82, 2.24) is 10.3 Å². The minimum absolute atomic E-state index is 0.291. The summed E-state index contributed by atoms with van der Waals surface area (Å²) in [6, 6.07) is 2.89. The zero-order valence-electron chi connectivity index (χ0n) is 13.1. The molecular formula is C15H22N2O4. The van der Waals surface area contributed by atoms with E-state index in [0.717, 1.165) is 11.3 Å². The normalized spacial score (nSPS) is 12.4. The van der Waals surface area contributed by atoms with Crippen molar-refractivity contribution in [2.75, 3.05) is 7.11 Å². The Balaban J connectivity index is 2.74. The van der Waals surface area contributed by atoms with Crippen LogP contribution in [-0.2, 0) is 20.7 Å². The Bertz CT molecular complexity index is 491. The van der Waals surface area contributed by atoms with Crippen molar-refractivity contribution < 1.29 is 19.1 Å². The van der Waals surface area contributed by atoms with Gasteiger partial charge in [-0.25, -0.2) is 9.59 Å². The fourth-order valence-corrected chi connectivity index (χ4v) is 1.64. The van der Waals surface area contributed by atoms with Gasteiger partial charge in [-0.3, -0.25) is 4.98 Å². The number of nitrogens with zero attached hydrogens (tertiary/aromatic N) is 1. The van der Waals surface area contributed by atoms with E-state index < -0.39 is 23.7 Å². The topological polar surface area (TPSA) is 77.5 Å². The molecule has 0 spiro atoms. The van der Waals surface area contributed by atoms with E-state index in [1.165, 1.54) is 7.11 Å². The lowest BCUT2D eigenvalue weighted by molar-refractivity contribution is -0.143. The number of ether oxygens (including phenoxy) is 2. The van der Waals surface area contributed by atoms with Crippen molar-refractivity contribution in [3.63, 3.8) is 0 Å². The van der Waals surface area contributed by atoms with E-state index in [1.807, 2.05) is 19.1 Å². The molecule has 1 aromatic rings. The third-order valence-electron chi connectivity index (χ3n) is 2.59. The number of amides is 1. The average molecular weight is 294 g/mol. The third kappa shape index (κ3) is 6.25. The Morgan fingerprint density at radius 1 is 1.33 bits per heavy atom. The molecule has 0 aromatic carbocycles. The fraction of sp³-hybridized carbons (Fsp3) is 0.533. The number of nitrogens with one attached hydrogen (secondary N) is 1. The van der Waals surface area contributed by atoms with Crippen molar-refractivity contribution in [1.29, 1.82) is 0 Å². The number of hydrogen-bond acceptors (Lipinski definition) is 5. The molecular weight excluding hydrogens is 272 g/mol. The number of carbonyl (C=O) groups is 2. The van der Waals surface area contributed by atoms with Gasteiger partial charge in [0.2, 0.25) is 0 Å². The monoisotopic (exact) mass is 294 g/mol. The van der Waals surface area contributed by atoms with Gasteiger partial charge >= 0.3 is 12.1 Å². The summed E-state index contributed by atoms with van der Waals surface area (Å²) in [6.07, 6.45) is 1.30. The lowest BCUT2D eigenvalue weighted by atomic mass is 10.1. The lowest BCUT2D eigenvalue weighted by Gasteiger charge is -2.22. The van der Waals surface area contributed by atoms with E-state index in [-0.39, 0.29) is 0 Å². The summed E-state index contributed by atoms with van der Waals surface area (Å²) >= 11 is 0. The van der Waals surface area contributed by atoms with Crippen molar-refractivity contribution in [3.8, 4) is 0 Å². The van der Waals surface area contributed by atoms with Crippen LogP contribution in [0.5, 0.6) is 0 Å².